The number of nitrogens with one attached hydrogen (secondary N) is 1. The van der Waals surface area contributed by atoms with Gasteiger partial charge in [-0.1, -0.05) is 56.9 Å². The third kappa shape index (κ3) is 5.50. The van der Waals surface area contributed by atoms with E-state index in [-0.39, 0.29) is 12.0 Å². The molecule has 2 aromatic rings. The molecule has 1 heterocycles. The van der Waals surface area contributed by atoms with Crippen LogP contribution in [0.5, 0.6) is 5.75 Å². The number of benzene rings is 2. The predicted octanol–water partition coefficient (Wildman–Crippen LogP) is 6.31. The molecule has 4 nitrogen and oxygen atoms in total. The molecule has 0 spiro atoms. The molecule has 0 bridgehead atoms. The van der Waals surface area contributed by atoms with Crippen molar-refractivity contribution in [2.75, 3.05) is 6.61 Å². The van der Waals surface area contributed by atoms with Gasteiger partial charge in [-0.15, -0.1) is 0 Å². The number of halogens is 3. The average Bonchev–Trinajstić information content (AvgIpc) is 2.95. The van der Waals surface area contributed by atoms with E-state index in [1.54, 1.807) is 32.0 Å². The van der Waals surface area contributed by atoms with Crippen molar-refractivity contribution >= 4 is 16.7 Å². The predicted molar refractivity (Wildman–Crippen MR) is 116 cm³/mol. The SMILES string of the molecule is CCCCCCCOc1cc([C@H](N2NC(=O)CC2(C)C)C(F)(F)F)cc2ccccc12. The van der Waals surface area contributed by atoms with E-state index < -0.39 is 23.7 Å². The van der Waals surface area contributed by atoms with Crippen LogP contribution in [0.4, 0.5) is 13.2 Å². The topological polar surface area (TPSA) is 41.6 Å². The van der Waals surface area contributed by atoms with Crippen molar-refractivity contribution in [1.29, 1.82) is 0 Å². The van der Waals surface area contributed by atoms with Crippen LogP contribution in [-0.4, -0.2) is 29.2 Å². The van der Waals surface area contributed by atoms with Gasteiger partial charge in [0.15, 0.2) is 6.04 Å². The fourth-order valence-corrected chi connectivity index (χ4v) is 4.16. The Balaban J connectivity index is 1.95. The van der Waals surface area contributed by atoms with E-state index in [4.69, 9.17) is 4.74 Å². The molecule has 1 saturated heterocycles. The number of fused-ring (bicyclic) bond motifs is 1. The van der Waals surface area contributed by atoms with Gasteiger partial charge in [0.2, 0.25) is 5.91 Å². The van der Waals surface area contributed by atoms with Gasteiger partial charge in [0.05, 0.1) is 6.61 Å². The third-order valence-corrected chi connectivity index (χ3v) is 5.73. The van der Waals surface area contributed by atoms with Crippen LogP contribution in [0.15, 0.2) is 36.4 Å². The lowest BCUT2D eigenvalue weighted by molar-refractivity contribution is -0.203. The van der Waals surface area contributed by atoms with Crippen molar-refractivity contribution in [3.63, 3.8) is 0 Å². The molecule has 1 atom stereocenters. The molecule has 2 aromatic carbocycles. The standard InChI is InChI=1S/C24H31F3N2O2/c1-4-5-6-7-10-13-31-20-15-18(14-17-11-8-9-12-19(17)20)22(24(25,26)27)29-23(2,3)16-21(30)28-29/h8-9,11-12,14-15,22H,4-7,10,13,16H2,1-3H3,(H,28,30)/t22-/m0/s1. The van der Waals surface area contributed by atoms with E-state index in [0.717, 1.165) is 36.1 Å². The van der Waals surface area contributed by atoms with Crippen molar-refractivity contribution in [2.24, 2.45) is 0 Å². The zero-order chi connectivity index (χ0) is 22.6. The molecule has 1 fully saturated rings. The van der Waals surface area contributed by atoms with Gasteiger partial charge in [0.25, 0.3) is 0 Å². The molecule has 1 aliphatic rings. The first-order valence-corrected chi connectivity index (χ1v) is 10.9. The Labute approximate surface area is 181 Å². The van der Waals surface area contributed by atoms with Gasteiger partial charge in [-0.25, -0.2) is 0 Å². The van der Waals surface area contributed by atoms with Gasteiger partial charge >= 0.3 is 6.18 Å². The Morgan fingerprint density at radius 3 is 2.48 bits per heavy atom. The quantitative estimate of drug-likeness (QED) is 0.469. The molecule has 0 saturated carbocycles. The summed E-state index contributed by atoms with van der Waals surface area (Å²) in [5.41, 5.74) is 1.51. The zero-order valence-electron chi connectivity index (χ0n) is 18.4. The van der Waals surface area contributed by atoms with Crippen LogP contribution in [0.2, 0.25) is 0 Å². The average molecular weight is 437 g/mol. The number of hydrazine groups is 1. The summed E-state index contributed by atoms with van der Waals surface area (Å²) in [4.78, 5) is 11.9. The smallest absolute Gasteiger partial charge is 0.409 e. The number of rotatable bonds is 9. The molecular formula is C24H31F3N2O2. The first-order chi connectivity index (χ1) is 14.6. The van der Waals surface area contributed by atoms with E-state index >= 15 is 0 Å². The molecule has 1 N–H and O–H groups in total. The highest BCUT2D eigenvalue weighted by Gasteiger charge is 2.53. The van der Waals surface area contributed by atoms with Crippen LogP contribution in [0.25, 0.3) is 10.8 Å². The molecule has 0 aliphatic carbocycles. The van der Waals surface area contributed by atoms with Crippen LogP contribution < -0.4 is 10.2 Å². The number of nitrogens with zero attached hydrogens (tertiary/aromatic N) is 1. The second-order valence-electron chi connectivity index (χ2n) is 8.84. The van der Waals surface area contributed by atoms with Crippen LogP contribution in [0, 0.1) is 0 Å². The summed E-state index contributed by atoms with van der Waals surface area (Å²) in [6.07, 6.45) is 0.767. The van der Waals surface area contributed by atoms with Gasteiger partial charge < -0.3 is 4.74 Å². The fourth-order valence-electron chi connectivity index (χ4n) is 4.16. The maximum Gasteiger partial charge on any atom is 0.409 e. The van der Waals surface area contributed by atoms with E-state index in [1.165, 1.54) is 12.5 Å². The van der Waals surface area contributed by atoms with Crippen molar-refractivity contribution in [2.45, 2.75) is 77.1 Å². The van der Waals surface area contributed by atoms with Crippen LogP contribution in [-0.2, 0) is 4.79 Å². The van der Waals surface area contributed by atoms with Crippen LogP contribution in [0.1, 0.15) is 70.9 Å². The number of alkyl halides is 3. The van der Waals surface area contributed by atoms with Gasteiger partial charge in [-0.2, -0.15) is 18.2 Å². The number of ether oxygens (including phenoxy) is 1. The minimum absolute atomic E-state index is 0.00821. The Hall–Kier alpha value is -2.28. The van der Waals surface area contributed by atoms with Gasteiger partial charge in [0.1, 0.15) is 5.75 Å². The maximum atomic E-state index is 14.3. The summed E-state index contributed by atoms with van der Waals surface area (Å²) in [7, 11) is 0. The number of hydrogen-bond acceptors (Lipinski definition) is 3. The molecule has 0 unspecified atom stereocenters. The molecule has 3 rings (SSSR count). The Morgan fingerprint density at radius 2 is 1.84 bits per heavy atom. The number of hydrogen-bond donors (Lipinski definition) is 1. The molecule has 31 heavy (non-hydrogen) atoms. The highest BCUT2D eigenvalue weighted by Crippen LogP contribution is 2.44. The maximum absolute atomic E-state index is 14.3. The summed E-state index contributed by atoms with van der Waals surface area (Å²) < 4.78 is 48.7. The minimum Gasteiger partial charge on any atom is -0.493 e. The zero-order valence-corrected chi connectivity index (χ0v) is 18.4. The lowest BCUT2D eigenvalue weighted by atomic mass is 9.95. The monoisotopic (exact) mass is 436 g/mol. The van der Waals surface area contributed by atoms with E-state index in [1.807, 2.05) is 12.1 Å². The number of amides is 1. The second kappa shape index (κ2) is 9.47. The highest BCUT2D eigenvalue weighted by atomic mass is 19.4. The van der Waals surface area contributed by atoms with Crippen molar-refractivity contribution in [3.8, 4) is 5.75 Å². The lowest BCUT2D eigenvalue weighted by Gasteiger charge is -2.38. The Bertz CT molecular complexity index is 911. The minimum atomic E-state index is -4.57. The Morgan fingerprint density at radius 1 is 1.13 bits per heavy atom. The summed E-state index contributed by atoms with van der Waals surface area (Å²) in [5, 5.41) is 2.50. The highest BCUT2D eigenvalue weighted by molar-refractivity contribution is 5.89. The van der Waals surface area contributed by atoms with Crippen LogP contribution >= 0.6 is 0 Å². The van der Waals surface area contributed by atoms with Crippen molar-refractivity contribution < 1.29 is 22.7 Å². The van der Waals surface area contributed by atoms with Crippen LogP contribution in [0.3, 0.4) is 0 Å². The number of carbonyl (C=O) groups excluding carboxylic acids is 1. The lowest BCUT2D eigenvalue weighted by Crippen LogP contribution is -2.51. The van der Waals surface area contributed by atoms with E-state index in [2.05, 4.69) is 12.3 Å². The third-order valence-electron chi connectivity index (χ3n) is 5.73. The molecule has 170 valence electrons. The molecule has 0 aromatic heterocycles. The molecule has 1 amide bonds. The van der Waals surface area contributed by atoms with E-state index in [9.17, 15) is 18.0 Å². The fraction of sp³-hybridized carbons (Fsp3) is 0.542. The second-order valence-corrected chi connectivity index (χ2v) is 8.84. The largest absolute Gasteiger partial charge is 0.493 e. The first-order valence-electron chi connectivity index (χ1n) is 10.9. The summed E-state index contributed by atoms with van der Waals surface area (Å²) in [6.45, 7) is 5.88. The van der Waals surface area contributed by atoms with E-state index in [0.29, 0.717) is 17.7 Å². The van der Waals surface area contributed by atoms with Gasteiger partial charge in [0, 0.05) is 17.3 Å². The normalized spacial score (nSPS) is 17.7. The summed E-state index contributed by atoms with van der Waals surface area (Å²) in [5.74, 6) is 0.0322. The summed E-state index contributed by atoms with van der Waals surface area (Å²) >= 11 is 0. The molecule has 7 heteroatoms. The molecular weight excluding hydrogens is 405 g/mol. The van der Waals surface area contributed by atoms with Gasteiger partial charge in [-0.3, -0.25) is 10.2 Å². The first kappa shape index (κ1) is 23.4. The molecule has 1 aliphatic heterocycles. The Kier molecular flexibility index (Phi) is 7.14. The van der Waals surface area contributed by atoms with Crippen molar-refractivity contribution in [3.05, 3.63) is 42.0 Å². The molecule has 0 radical (unpaired) electrons. The number of carbonyl (C=O) groups is 1. The van der Waals surface area contributed by atoms with Gasteiger partial charge in [-0.05, 0) is 43.4 Å². The van der Waals surface area contributed by atoms with Crippen molar-refractivity contribution in [1.82, 2.24) is 10.4 Å². The summed E-state index contributed by atoms with van der Waals surface area (Å²) in [6, 6.07) is 8.34. The number of unbranched alkanes of at least 4 members (excludes halogenated alkanes) is 4.